The minimum absolute atomic E-state index is 0.0613. The molecule has 1 aliphatic carbocycles. The number of hydrogen-bond donors (Lipinski definition) is 2. The molecular formula is C26H46O5S. The summed E-state index contributed by atoms with van der Waals surface area (Å²) in [6.45, 7) is 15.1. The third-order valence-electron chi connectivity index (χ3n) is 7.76. The first kappa shape index (κ1) is 29.0. The predicted molar refractivity (Wildman–Crippen MR) is 133 cm³/mol. The van der Waals surface area contributed by atoms with E-state index in [0.29, 0.717) is 50.4 Å². The fourth-order valence-corrected chi connectivity index (χ4v) is 4.70. The van der Waals surface area contributed by atoms with Crippen LogP contribution in [-0.4, -0.2) is 40.4 Å². The molecule has 0 heterocycles. The first-order valence-electron chi connectivity index (χ1n) is 12.4. The smallest absolute Gasteiger partial charge is 0.375 e. The number of rotatable bonds is 16. The van der Waals surface area contributed by atoms with Crippen LogP contribution in [0.5, 0.6) is 0 Å². The summed E-state index contributed by atoms with van der Waals surface area (Å²) in [6, 6.07) is 0. The number of hydrogen-bond acceptors (Lipinski definition) is 6. The summed E-state index contributed by atoms with van der Waals surface area (Å²) in [5.74, 6) is 0.170. The van der Waals surface area contributed by atoms with Crippen LogP contribution in [0.1, 0.15) is 106 Å². The standard InChI is InChI=1S/C26H46O5S/c1-8-24(7)15-22(28)20(24)13-14-21(27)23(29)31-26(11-4,12-5)18-25(9-2,10-3)30-16-19(6)17-32/h19,28,32H,8-18H2,1-7H3. The summed E-state index contributed by atoms with van der Waals surface area (Å²) in [5.41, 5.74) is -0.300. The fourth-order valence-electron chi connectivity index (χ4n) is 4.60. The molecule has 0 amide bonds. The van der Waals surface area contributed by atoms with Crippen molar-refractivity contribution < 1.29 is 24.2 Å². The van der Waals surface area contributed by atoms with Crippen molar-refractivity contribution in [3.8, 4) is 0 Å². The van der Waals surface area contributed by atoms with Crippen LogP contribution < -0.4 is 0 Å². The van der Waals surface area contributed by atoms with Gasteiger partial charge in [0.1, 0.15) is 5.60 Å². The van der Waals surface area contributed by atoms with Crippen LogP contribution in [0.25, 0.3) is 0 Å². The second kappa shape index (κ2) is 12.5. The van der Waals surface area contributed by atoms with E-state index >= 15 is 0 Å². The van der Waals surface area contributed by atoms with Crippen LogP contribution in [0.3, 0.4) is 0 Å². The molecule has 186 valence electrons. The molecule has 1 rings (SSSR count). The molecule has 0 aromatic heterocycles. The molecule has 0 spiro atoms. The van der Waals surface area contributed by atoms with Gasteiger partial charge >= 0.3 is 5.97 Å². The number of carbonyl (C=O) groups excluding carboxylic acids is 2. The third-order valence-corrected chi connectivity index (χ3v) is 8.38. The van der Waals surface area contributed by atoms with E-state index in [-0.39, 0.29) is 11.8 Å². The van der Waals surface area contributed by atoms with Gasteiger partial charge in [0.15, 0.2) is 0 Å². The van der Waals surface area contributed by atoms with Gasteiger partial charge in [-0.15, -0.1) is 0 Å². The van der Waals surface area contributed by atoms with E-state index in [1.54, 1.807) is 0 Å². The maximum Gasteiger partial charge on any atom is 0.375 e. The van der Waals surface area contributed by atoms with E-state index in [1.807, 2.05) is 13.8 Å². The number of Topliss-reactive ketones (excluding diaryl/α,β-unsaturated/α-hetero) is 1. The molecule has 0 aromatic carbocycles. The van der Waals surface area contributed by atoms with Gasteiger partial charge in [-0.2, -0.15) is 12.6 Å². The molecule has 0 aliphatic heterocycles. The number of aliphatic hydroxyl groups excluding tert-OH is 1. The number of allylic oxidation sites excluding steroid dienone is 2. The molecule has 2 atom stereocenters. The van der Waals surface area contributed by atoms with Gasteiger partial charge in [0.2, 0.25) is 5.78 Å². The molecule has 0 aromatic rings. The lowest BCUT2D eigenvalue weighted by atomic mass is 9.65. The van der Waals surface area contributed by atoms with E-state index in [9.17, 15) is 14.7 Å². The maximum absolute atomic E-state index is 12.8. The Balaban J connectivity index is 2.87. The Kier molecular flexibility index (Phi) is 11.3. The minimum atomic E-state index is -0.767. The third kappa shape index (κ3) is 6.99. The van der Waals surface area contributed by atoms with E-state index in [0.717, 1.165) is 30.6 Å². The van der Waals surface area contributed by atoms with Gasteiger partial charge in [-0.25, -0.2) is 4.79 Å². The molecule has 1 N–H and O–H groups in total. The molecule has 0 saturated heterocycles. The highest BCUT2D eigenvalue weighted by atomic mass is 32.1. The molecule has 32 heavy (non-hydrogen) atoms. The molecule has 6 heteroatoms. The number of thiol groups is 1. The van der Waals surface area contributed by atoms with E-state index in [1.165, 1.54) is 0 Å². The Morgan fingerprint density at radius 3 is 2.09 bits per heavy atom. The molecule has 1 aliphatic rings. The number of carbonyl (C=O) groups is 2. The molecule has 0 radical (unpaired) electrons. The van der Waals surface area contributed by atoms with Gasteiger partial charge in [0, 0.05) is 19.3 Å². The monoisotopic (exact) mass is 470 g/mol. The van der Waals surface area contributed by atoms with Gasteiger partial charge in [-0.1, -0.05) is 48.5 Å². The van der Waals surface area contributed by atoms with Crippen molar-refractivity contribution in [2.24, 2.45) is 11.3 Å². The Morgan fingerprint density at radius 1 is 1.09 bits per heavy atom. The fraction of sp³-hybridized carbons (Fsp3) is 0.846. The molecule has 0 bridgehead atoms. The van der Waals surface area contributed by atoms with Crippen molar-refractivity contribution in [3.05, 3.63) is 11.3 Å². The number of aliphatic hydroxyl groups is 1. The highest BCUT2D eigenvalue weighted by molar-refractivity contribution is 7.80. The van der Waals surface area contributed by atoms with Crippen LogP contribution in [-0.2, 0) is 19.1 Å². The molecular weight excluding hydrogens is 424 g/mol. The van der Waals surface area contributed by atoms with Crippen molar-refractivity contribution >= 4 is 24.4 Å². The molecule has 2 unspecified atom stereocenters. The predicted octanol–water partition coefficient (Wildman–Crippen LogP) is 6.60. The van der Waals surface area contributed by atoms with Gasteiger partial charge < -0.3 is 14.6 Å². The maximum atomic E-state index is 12.8. The van der Waals surface area contributed by atoms with E-state index in [2.05, 4.69) is 47.2 Å². The number of esters is 1. The van der Waals surface area contributed by atoms with Crippen molar-refractivity contribution in [1.29, 1.82) is 0 Å². The van der Waals surface area contributed by atoms with Crippen LogP contribution in [0, 0.1) is 11.3 Å². The quantitative estimate of drug-likeness (QED) is 0.151. The van der Waals surface area contributed by atoms with E-state index < -0.39 is 23.0 Å². The highest BCUT2D eigenvalue weighted by Gasteiger charge is 2.43. The van der Waals surface area contributed by atoms with Crippen LogP contribution in [0.15, 0.2) is 11.3 Å². The number of ether oxygens (including phenoxy) is 2. The van der Waals surface area contributed by atoms with Gasteiger partial charge in [0.25, 0.3) is 0 Å². The van der Waals surface area contributed by atoms with E-state index in [4.69, 9.17) is 9.47 Å². The average Bonchev–Trinajstić information content (AvgIpc) is 2.80. The lowest BCUT2D eigenvalue weighted by Gasteiger charge is -2.42. The zero-order valence-electron chi connectivity index (χ0n) is 21.4. The van der Waals surface area contributed by atoms with Crippen LogP contribution >= 0.6 is 12.6 Å². The van der Waals surface area contributed by atoms with Gasteiger partial charge in [-0.3, -0.25) is 4.79 Å². The van der Waals surface area contributed by atoms with Gasteiger partial charge in [-0.05, 0) is 61.2 Å². The van der Waals surface area contributed by atoms with Crippen LogP contribution in [0.4, 0.5) is 0 Å². The zero-order chi connectivity index (χ0) is 24.6. The van der Waals surface area contributed by atoms with Crippen LogP contribution in [0.2, 0.25) is 0 Å². The van der Waals surface area contributed by atoms with Crippen molar-refractivity contribution in [2.75, 3.05) is 12.4 Å². The van der Waals surface area contributed by atoms with Crippen molar-refractivity contribution in [2.45, 2.75) is 117 Å². The first-order valence-corrected chi connectivity index (χ1v) is 13.1. The molecule has 0 saturated carbocycles. The SMILES string of the molecule is CCC(CC)(CC(CC)(CC)OC(=O)C(=O)CCC1=C(O)CC1(C)CC)OCC(C)CS. The lowest BCUT2D eigenvalue weighted by Crippen LogP contribution is -2.46. The highest BCUT2D eigenvalue weighted by Crippen LogP contribution is 2.49. The lowest BCUT2D eigenvalue weighted by molar-refractivity contribution is -0.177. The minimum Gasteiger partial charge on any atom is -0.512 e. The zero-order valence-corrected chi connectivity index (χ0v) is 22.3. The Hall–Kier alpha value is -1.01. The Labute approximate surface area is 201 Å². The summed E-state index contributed by atoms with van der Waals surface area (Å²) in [7, 11) is 0. The summed E-state index contributed by atoms with van der Waals surface area (Å²) in [6.07, 6.45) is 5.45. The molecule has 5 nitrogen and oxygen atoms in total. The van der Waals surface area contributed by atoms with Crippen molar-refractivity contribution in [1.82, 2.24) is 0 Å². The summed E-state index contributed by atoms with van der Waals surface area (Å²) < 4.78 is 12.3. The topological polar surface area (TPSA) is 72.8 Å². The Bertz CT molecular complexity index is 663. The van der Waals surface area contributed by atoms with Crippen molar-refractivity contribution in [3.63, 3.8) is 0 Å². The summed E-state index contributed by atoms with van der Waals surface area (Å²) in [5, 5.41) is 10.0. The summed E-state index contributed by atoms with van der Waals surface area (Å²) in [4.78, 5) is 25.4. The first-order chi connectivity index (χ1) is 15.0. The molecule has 0 fully saturated rings. The number of ketones is 1. The Morgan fingerprint density at radius 2 is 1.66 bits per heavy atom. The second-order valence-corrected chi connectivity index (χ2v) is 10.2. The average molecular weight is 471 g/mol. The largest absolute Gasteiger partial charge is 0.512 e. The summed E-state index contributed by atoms with van der Waals surface area (Å²) >= 11 is 4.36. The van der Waals surface area contributed by atoms with Gasteiger partial charge in [0.05, 0.1) is 18.0 Å². The normalized spacial score (nSPS) is 20.1. The second-order valence-electron chi connectivity index (χ2n) is 9.88.